The van der Waals surface area contributed by atoms with Gasteiger partial charge in [0.2, 0.25) is 12.3 Å². The second kappa shape index (κ2) is 3.78. The molecule has 0 aromatic carbocycles. The van der Waals surface area contributed by atoms with Gasteiger partial charge in [0.05, 0.1) is 0 Å². The fourth-order valence-electron chi connectivity index (χ4n) is 1.36. The number of likely N-dealkylation sites (tertiary alicyclic amines) is 1. The molecule has 0 spiro atoms. The molecule has 1 aliphatic rings. The zero-order valence-corrected chi connectivity index (χ0v) is 6.47. The second-order valence-corrected chi connectivity index (χ2v) is 2.83. The summed E-state index contributed by atoms with van der Waals surface area (Å²) in [5.41, 5.74) is 0. The van der Waals surface area contributed by atoms with E-state index in [1.807, 2.05) is 0 Å². The van der Waals surface area contributed by atoms with Crippen molar-refractivity contribution in [3.8, 4) is 0 Å². The summed E-state index contributed by atoms with van der Waals surface area (Å²) in [6, 6.07) is 0. The van der Waals surface area contributed by atoms with E-state index in [9.17, 15) is 18.0 Å². The predicted octanol–water partition coefficient (Wildman–Crippen LogP) is 1.42. The second-order valence-electron chi connectivity index (χ2n) is 2.83. The smallest absolute Gasteiger partial charge is 0.239 e. The molecule has 0 saturated carbocycles. The van der Waals surface area contributed by atoms with E-state index in [0.717, 1.165) is 4.90 Å². The first kappa shape index (κ1) is 9.35. The van der Waals surface area contributed by atoms with E-state index in [0.29, 0.717) is 6.42 Å². The molecule has 1 unspecified atom stereocenters. The van der Waals surface area contributed by atoms with Gasteiger partial charge in [-0.05, 0) is 6.42 Å². The molecule has 1 fully saturated rings. The van der Waals surface area contributed by atoms with E-state index in [-0.39, 0.29) is 6.54 Å². The minimum absolute atomic E-state index is 0.271. The lowest BCUT2D eigenvalue weighted by atomic mass is 10.1. The van der Waals surface area contributed by atoms with Gasteiger partial charge in [0.15, 0.2) is 6.80 Å². The van der Waals surface area contributed by atoms with Gasteiger partial charge in [0.25, 0.3) is 0 Å². The van der Waals surface area contributed by atoms with Gasteiger partial charge >= 0.3 is 0 Å². The van der Waals surface area contributed by atoms with Crippen LogP contribution < -0.4 is 0 Å². The quantitative estimate of drug-likeness (QED) is 0.603. The highest BCUT2D eigenvalue weighted by Gasteiger charge is 2.33. The van der Waals surface area contributed by atoms with E-state index < -0.39 is 31.5 Å². The Kier molecular flexibility index (Phi) is 2.94. The summed E-state index contributed by atoms with van der Waals surface area (Å²) in [6.45, 7) is -0.592. The number of nitrogens with zero attached hydrogens (tertiary/aromatic N) is 1. The molecule has 0 aromatic rings. The topological polar surface area (TPSA) is 20.3 Å². The van der Waals surface area contributed by atoms with Gasteiger partial charge < -0.3 is 4.90 Å². The van der Waals surface area contributed by atoms with Crippen LogP contribution in [-0.2, 0) is 4.79 Å². The molecular weight excluding hydrogens is 171 g/mol. The Morgan fingerprint density at radius 1 is 1.58 bits per heavy atom. The minimum Gasteiger partial charge on any atom is -0.315 e. The first-order valence-corrected chi connectivity index (χ1v) is 3.78. The van der Waals surface area contributed by atoms with Crippen molar-refractivity contribution in [3.05, 3.63) is 0 Å². The zero-order valence-electron chi connectivity index (χ0n) is 6.47. The molecule has 1 saturated heterocycles. The third kappa shape index (κ3) is 1.89. The average Bonchev–Trinajstić information content (AvgIpc) is 2.32. The van der Waals surface area contributed by atoms with Crippen molar-refractivity contribution >= 4 is 5.91 Å². The van der Waals surface area contributed by atoms with Crippen LogP contribution in [-0.4, -0.2) is 30.6 Å². The Balaban J connectivity index is 2.44. The molecule has 0 aliphatic carbocycles. The number of halogens is 3. The predicted molar refractivity (Wildman–Crippen MR) is 36.4 cm³/mol. The molecule has 1 heterocycles. The lowest BCUT2D eigenvalue weighted by Crippen LogP contribution is -2.27. The van der Waals surface area contributed by atoms with Gasteiger partial charge in [0.1, 0.15) is 0 Å². The lowest BCUT2D eigenvalue weighted by molar-refractivity contribution is -0.133. The summed E-state index contributed by atoms with van der Waals surface area (Å²) in [4.78, 5) is 12.0. The molecular formula is C7H10F3NO. The van der Waals surface area contributed by atoms with Gasteiger partial charge in [-0.3, -0.25) is 4.79 Å². The molecule has 2 nitrogen and oxygen atoms in total. The van der Waals surface area contributed by atoms with Crippen LogP contribution in [0.3, 0.4) is 0 Å². The summed E-state index contributed by atoms with van der Waals surface area (Å²) in [7, 11) is 0. The van der Waals surface area contributed by atoms with Crippen LogP contribution in [0.5, 0.6) is 0 Å². The highest BCUT2D eigenvalue weighted by atomic mass is 19.3. The molecule has 70 valence electrons. The minimum atomic E-state index is -2.47. The van der Waals surface area contributed by atoms with Gasteiger partial charge in [0, 0.05) is 18.9 Å². The maximum atomic E-state index is 12.0. The van der Waals surface area contributed by atoms with Crippen LogP contribution in [0.4, 0.5) is 13.2 Å². The Morgan fingerprint density at radius 3 is 2.67 bits per heavy atom. The molecule has 0 radical (unpaired) electrons. The molecule has 0 bridgehead atoms. The van der Waals surface area contributed by atoms with Crippen molar-refractivity contribution in [2.75, 3.05) is 13.3 Å². The van der Waals surface area contributed by atoms with Crippen molar-refractivity contribution in [3.63, 3.8) is 0 Å². The molecule has 12 heavy (non-hydrogen) atoms. The fourth-order valence-corrected chi connectivity index (χ4v) is 1.36. The molecule has 0 N–H and O–H groups in total. The van der Waals surface area contributed by atoms with Gasteiger partial charge in [-0.2, -0.15) is 0 Å². The highest BCUT2D eigenvalue weighted by Crippen LogP contribution is 2.23. The maximum absolute atomic E-state index is 12.0. The van der Waals surface area contributed by atoms with Crippen molar-refractivity contribution in [2.45, 2.75) is 19.3 Å². The number of hydrogen-bond acceptors (Lipinski definition) is 1. The van der Waals surface area contributed by atoms with Crippen LogP contribution in [0.2, 0.25) is 0 Å². The van der Waals surface area contributed by atoms with Crippen LogP contribution in [0.25, 0.3) is 0 Å². The summed E-state index contributed by atoms with van der Waals surface area (Å²) in [6.07, 6.45) is -2.55. The first-order chi connectivity index (χ1) is 5.65. The highest BCUT2D eigenvalue weighted by molar-refractivity contribution is 5.80. The van der Waals surface area contributed by atoms with Gasteiger partial charge in [-0.15, -0.1) is 0 Å². The summed E-state index contributed by atoms with van der Waals surface area (Å²) in [5, 5.41) is 0. The van der Waals surface area contributed by atoms with Gasteiger partial charge in [-0.25, -0.2) is 13.2 Å². The summed E-state index contributed by atoms with van der Waals surface area (Å²) in [5.74, 6) is -1.14. The standard InChI is InChI=1S/C7H10F3NO/c8-4-11-2-1-5(7(11)12)3-6(9)10/h5-6H,1-4H2. The van der Waals surface area contributed by atoms with E-state index in [1.165, 1.54) is 0 Å². The van der Waals surface area contributed by atoms with Crippen LogP contribution >= 0.6 is 0 Å². The molecule has 1 aliphatic heterocycles. The van der Waals surface area contributed by atoms with E-state index in [2.05, 4.69) is 0 Å². The van der Waals surface area contributed by atoms with Crippen molar-refractivity contribution < 1.29 is 18.0 Å². The maximum Gasteiger partial charge on any atom is 0.239 e. The summed E-state index contributed by atoms with van der Waals surface area (Å²) >= 11 is 0. The Bertz CT molecular complexity index is 174. The van der Waals surface area contributed by atoms with E-state index >= 15 is 0 Å². The van der Waals surface area contributed by atoms with Crippen molar-refractivity contribution in [1.82, 2.24) is 4.90 Å². The molecule has 0 aromatic heterocycles. The zero-order chi connectivity index (χ0) is 9.14. The molecule has 1 rings (SSSR count). The fraction of sp³-hybridized carbons (Fsp3) is 0.857. The largest absolute Gasteiger partial charge is 0.315 e. The average molecular weight is 181 g/mol. The van der Waals surface area contributed by atoms with E-state index in [4.69, 9.17) is 0 Å². The van der Waals surface area contributed by atoms with Crippen LogP contribution in [0, 0.1) is 5.92 Å². The SMILES string of the molecule is O=C1C(CC(F)F)CCN1CF. The number of hydrogen-bond donors (Lipinski definition) is 0. The molecule has 5 heteroatoms. The van der Waals surface area contributed by atoms with Gasteiger partial charge in [-0.1, -0.05) is 0 Å². The molecule has 1 amide bonds. The van der Waals surface area contributed by atoms with E-state index in [1.54, 1.807) is 0 Å². The number of alkyl halides is 3. The first-order valence-electron chi connectivity index (χ1n) is 3.78. The van der Waals surface area contributed by atoms with Crippen LogP contribution in [0.15, 0.2) is 0 Å². The third-order valence-corrected chi connectivity index (χ3v) is 2.02. The Morgan fingerprint density at radius 2 is 2.25 bits per heavy atom. The molecule has 1 atom stereocenters. The lowest BCUT2D eigenvalue weighted by Gasteiger charge is -2.10. The summed E-state index contributed by atoms with van der Waals surface area (Å²) < 4.78 is 35.6. The number of amides is 1. The Hall–Kier alpha value is -0.740. The monoisotopic (exact) mass is 181 g/mol. The third-order valence-electron chi connectivity index (χ3n) is 2.02. The normalized spacial score (nSPS) is 24.2. The number of carbonyl (C=O) groups excluding carboxylic acids is 1. The Labute approximate surface area is 68.3 Å². The van der Waals surface area contributed by atoms with Crippen molar-refractivity contribution in [1.29, 1.82) is 0 Å². The van der Waals surface area contributed by atoms with Crippen LogP contribution in [0.1, 0.15) is 12.8 Å². The number of rotatable bonds is 3. The van der Waals surface area contributed by atoms with Crippen molar-refractivity contribution in [2.24, 2.45) is 5.92 Å². The number of carbonyl (C=O) groups is 1.